The van der Waals surface area contributed by atoms with Crippen molar-refractivity contribution < 1.29 is 23.1 Å². The SMILES string of the molecule is Cc1ccc(COc2nccc(C3=CCN(CC4Nc5oc(C=O)cc5N4CC4CCO4)CC3)n2)c(F)c1. The second-order valence-corrected chi connectivity index (χ2v) is 9.92. The van der Waals surface area contributed by atoms with E-state index in [1.807, 2.05) is 19.1 Å². The topological polar surface area (TPSA) is 93.0 Å². The largest absolute Gasteiger partial charge is 0.458 e. The minimum Gasteiger partial charge on any atom is -0.458 e. The predicted octanol–water partition coefficient (Wildman–Crippen LogP) is 4.04. The molecule has 198 valence electrons. The van der Waals surface area contributed by atoms with Crippen molar-refractivity contribution >= 4 is 23.4 Å². The van der Waals surface area contributed by atoms with E-state index in [9.17, 15) is 9.18 Å². The van der Waals surface area contributed by atoms with E-state index in [4.69, 9.17) is 13.9 Å². The first-order chi connectivity index (χ1) is 18.6. The summed E-state index contributed by atoms with van der Waals surface area (Å²) in [6.45, 7) is 5.91. The maximum absolute atomic E-state index is 14.1. The van der Waals surface area contributed by atoms with Crippen molar-refractivity contribution in [1.29, 1.82) is 0 Å². The first kappa shape index (κ1) is 24.6. The Kier molecular flexibility index (Phi) is 6.82. The molecule has 0 aliphatic carbocycles. The van der Waals surface area contributed by atoms with Gasteiger partial charge in [-0.25, -0.2) is 9.37 Å². The molecule has 0 radical (unpaired) electrons. The third kappa shape index (κ3) is 5.14. The number of hydrogen-bond donors (Lipinski definition) is 1. The third-order valence-electron chi connectivity index (χ3n) is 7.28. The number of furan rings is 1. The number of fused-ring (bicyclic) bond motifs is 1. The Morgan fingerprint density at radius 2 is 2.16 bits per heavy atom. The molecule has 2 unspecified atom stereocenters. The number of rotatable bonds is 9. The van der Waals surface area contributed by atoms with Crippen LogP contribution in [0.2, 0.25) is 0 Å². The minimum absolute atomic E-state index is 0.0322. The maximum Gasteiger partial charge on any atom is 0.317 e. The van der Waals surface area contributed by atoms with Crippen molar-refractivity contribution in [2.45, 2.75) is 38.6 Å². The first-order valence-corrected chi connectivity index (χ1v) is 12.9. The van der Waals surface area contributed by atoms with Crippen molar-refractivity contribution in [2.75, 3.05) is 43.0 Å². The van der Waals surface area contributed by atoms with Crippen molar-refractivity contribution in [3.8, 4) is 6.01 Å². The number of carbonyl (C=O) groups excluding carboxylic acids is 1. The van der Waals surface area contributed by atoms with Gasteiger partial charge in [0.15, 0.2) is 12.0 Å². The molecular weight excluding hydrogens is 489 g/mol. The Hall–Kier alpha value is -3.76. The quantitative estimate of drug-likeness (QED) is 0.421. The number of nitrogens with one attached hydrogen (secondary N) is 1. The molecule has 1 saturated heterocycles. The zero-order chi connectivity index (χ0) is 26.1. The summed E-state index contributed by atoms with van der Waals surface area (Å²) >= 11 is 0. The molecule has 2 atom stereocenters. The summed E-state index contributed by atoms with van der Waals surface area (Å²) in [6, 6.07) is 8.98. The third-order valence-corrected chi connectivity index (χ3v) is 7.28. The van der Waals surface area contributed by atoms with Gasteiger partial charge < -0.3 is 24.1 Å². The molecule has 3 aliphatic rings. The lowest BCUT2D eigenvalue weighted by Crippen LogP contribution is -2.50. The number of hydrogen-bond acceptors (Lipinski definition) is 9. The number of halogens is 1. The number of aldehydes is 1. The van der Waals surface area contributed by atoms with Gasteiger partial charge in [-0.2, -0.15) is 4.98 Å². The smallest absolute Gasteiger partial charge is 0.317 e. The highest BCUT2D eigenvalue weighted by Gasteiger charge is 2.36. The lowest BCUT2D eigenvalue weighted by molar-refractivity contribution is -0.0451. The molecule has 38 heavy (non-hydrogen) atoms. The molecule has 0 bridgehead atoms. The van der Waals surface area contributed by atoms with Crippen LogP contribution in [-0.2, 0) is 11.3 Å². The van der Waals surface area contributed by atoms with Gasteiger partial charge in [-0.3, -0.25) is 9.69 Å². The molecule has 1 fully saturated rings. The van der Waals surface area contributed by atoms with Gasteiger partial charge in [-0.15, -0.1) is 0 Å². The Labute approximate surface area is 220 Å². The number of aryl methyl sites for hydroxylation is 1. The van der Waals surface area contributed by atoms with Crippen LogP contribution < -0.4 is 15.0 Å². The normalized spacial score (nSPS) is 20.9. The number of carbonyl (C=O) groups is 1. The summed E-state index contributed by atoms with van der Waals surface area (Å²) in [5.41, 5.74) is 4.21. The molecule has 1 N–H and O–H groups in total. The fourth-order valence-corrected chi connectivity index (χ4v) is 5.04. The fraction of sp³-hybridized carbons (Fsp3) is 0.393. The summed E-state index contributed by atoms with van der Waals surface area (Å²) in [7, 11) is 0. The molecule has 2 aromatic heterocycles. The van der Waals surface area contributed by atoms with Crippen LogP contribution in [-0.4, -0.2) is 66.2 Å². The molecule has 9 nitrogen and oxygen atoms in total. The average molecular weight is 520 g/mol. The van der Waals surface area contributed by atoms with E-state index >= 15 is 0 Å². The first-order valence-electron chi connectivity index (χ1n) is 12.9. The van der Waals surface area contributed by atoms with Crippen LogP contribution in [0, 0.1) is 12.7 Å². The molecular formula is C28H30FN5O4. The molecule has 0 spiro atoms. The van der Waals surface area contributed by atoms with E-state index in [1.165, 1.54) is 6.07 Å². The zero-order valence-corrected chi connectivity index (χ0v) is 21.2. The molecule has 3 aliphatic heterocycles. The second kappa shape index (κ2) is 10.5. The van der Waals surface area contributed by atoms with Crippen LogP contribution in [0.4, 0.5) is 16.0 Å². The molecule has 0 amide bonds. The van der Waals surface area contributed by atoms with Gasteiger partial charge in [0.2, 0.25) is 5.88 Å². The van der Waals surface area contributed by atoms with Crippen molar-refractivity contribution in [2.24, 2.45) is 0 Å². The van der Waals surface area contributed by atoms with Crippen LogP contribution in [0.5, 0.6) is 6.01 Å². The van der Waals surface area contributed by atoms with Crippen LogP contribution in [0.3, 0.4) is 0 Å². The molecule has 0 saturated carbocycles. The predicted molar refractivity (Wildman–Crippen MR) is 140 cm³/mol. The summed E-state index contributed by atoms with van der Waals surface area (Å²) in [4.78, 5) is 24.6. The van der Waals surface area contributed by atoms with Gasteiger partial charge in [0.25, 0.3) is 0 Å². The summed E-state index contributed by atoms with van der Waals surface area (Å²) in [5.74, 6) is 0.672. The monoisotopic (exact) mass is 519 g/mol. The van der Waals surface area contributed by atoms with Gasteiger partial charge in [-0.1, -0.05) is 18.2 Å². The van der Waals surface area contributed by atoms with E-state index in [1.54, 1.807) is 18.3 Å². The summed E-state index contributed by atoms with van der Waals surface area (Å²) in [5, 5.41) is 3.44. The van der Waals surface area contributed by atoms with Crippen LogP contribution in [0.15, 0.2) is 47.0 Å². The molecule has 6 rings (SSSR count). The Morgan fingerprint density at radius 1 is 1.26 bits per heavy atom. The van der Waals surface area contributed by atoms with E-state index in [0.717, 1.165) is 74.4 Å². The minimum atomic E-state index is -0.293. The van der Waals surface area contributed by atoms with Gasteiger partial charge in [-0.05, 0) is 43.0 Å². The van der Waals surface area contributed by atoms with Gasteiger partial charge in [0, 0.05) is 50.6 Å². The maximum atomic E-state index is 14.1. The molecule has 3 aromatic rings. The standard InChI is InChI=1S/C28H30FN5O4/c1-18-2-3-20(23(29)12-18)17-37-28-30-8-4-24(31-28)19-5-9-33(10-6-19)15-26-32-27-25(13-22(16-35)38-27)34(26)14-21-7-11-36-21/h2-5,8,12-13,16,21,26,32H,6-7,9-11,14-15,17H2,1H3. The van der Waals surface area contributed by atoms with E-state index < -0.39 is 0 Å². The number of ether oxygens (including phenoxy) is 2. The Balaban J connectivity index is 1.08. The van der Waals surface area contributed by atoms with Crippen LogP contribution in [0.25, 0.3) is 5.57 Å². The van der Waals surface area contributed by atoms with Crippen molar-refractivity contribution in [3.05, 3.63) is 71.0 Å². The lowest BCUT2D eigenvalue weighted by Gasteiger charge is -2.37. The van der Waals surface area contributed by atoms with E-state index in [-0.39, 0.29) is 30.7 Å². The van der Waals surface area contributed by atoms with Gasteiger partial charge >= 0.3 is 6.01 Å². The molecule has 1 aromatic carbocycles. The van der Waals surface area contributed by atoms with Crippen molar-refractivity contribution in [3.63, 3.8) is 0 Å². The van der Waals surface area contributed by atoms with Gasteiger partial charge in [0.1, 0.15) is 24.3 Å². The highest BCUT2D eigenvalue weighted by Crippen LogP contribution is 2.38. The zero-order valence-electron chi connectivity index (χ0n) is 21.2. The highest BCUT2D eigenvalue weighted by molar-refractivity contribution is 5.81. The highest BCUT2D eigenvalue weighted by atomic mass is 19.1. The number of benzene rings is 1. The molecule has 5 heterocycles. The number of aromatic nitrogens is 2. The molecule has 10 heteroatoms. The summed E-state index contributed by atoms with van der Waals surface area (Å²) < 4.78 is 31.2. The summed E-state index contributed by atoms with van der Waals surface area (Å²) in [6.07, 6.45) is 6.69. The van der Waals surface area contributed by atoms with E-state index in [0.29, 0.717) is 17.2 Å². The van der Waals surface area contributed by atoms with Crippen LogP contribution >= 0.6 is 0 Å². The average Bonchev–Trinajstić information content (AvgIpc) is 3.44. The second-order valence-electron chi connectivity index (χ2n) is 9.92. The van der Waals surface area contributed by atoms with Gasteiger partial charge in [0.05, 0.1) is 11.8 Å². The van der Waals surface area contributed by atoms with Crippen LogP contribution in [0.1, 0.15) is 40.2 Å². The lowest BCUT2D eigenvalue weighted by atomic mass is 10.0. The fourth-order valence-electron chi connectivity index (χ4n) is 5.04. The Bertz CT molecular complexity index is 1350. The number of nitrogens with zero attached hydrogens (tertiary/aromatic N) is 4. The van der Waals surface area contributed by atoms with Crippen molar-refractivity contribution in [1.82, 2.24) is 14.9 Å². The Morgan fingerprint density at radius 3 is 2.89 bits per heavy atom. The van der Waals surface area contributed by atoms with E-state index in [2.05, 4.69) is 31.2 Å². The number of anilines is 2.